The fraction of sp³-hybridized carbons (Fsp3) is 0.833. The van der Waals surface area contributed by atoms with E-state index in [1.54, 1.807) is 0 Å². The zero-order valence-electron chi connectivity index (χ0n) is 9.18. The molecule has 1 heteroatoms. The highest BCUT2D eigenvalue weighted by atomic mass is 15.1. The highest BCUT2D eigenvalue weighted by Gasteiger charge is 2.08. The van der Waals surface area contributed by atoms with Gasteiger partial charge in [0.1, 0.15) is 0 Å². The fourth-order valence-corrected chi connectivity index (χ4v) is 1.91. The summed E-state index contributed by atoms with van der Waals surface area (Å²) in [6, 6.07) is 0. The fourth-order valence-electron chi connectivity index (χ4n) is 1.91. The van der Waals surface area contributed by atoms with Gasteiger partial charge in [0.25, 0.3) is 0 Å². The van der Waals surface area contributed by atoms with Crippen molar-refractivity contribution in [2.45, 2.75) is 46.0 Å². The van der Waals surface area contributed by atoms with Crippen molar-refractivity contribution in [2.75, 3.05) is 19.6 Å². The molecule has 1 fully saturated rings. The molecule has 0 unspecified atom stereocenters. The van der Waals surface area contributed by atoms with Crippen LogP contribution in [-0.2, 0) is 0 Å². The molecule has 13 heavy (non-hydrogen) atoms. The summed E-state index contributed by atoms with van der Waals surface area (Å²) in [6.45, 7) is 8.36. The predicted octanol–water partition coefficient (Wildman–Crippen LogP) is 3.22. The van der Waals surface area contributed by atoms with Gasteiger partial charge in [-0.25, -0.2) is 0 Å². The summed E-state index contributed by atoms with van der Waals surface area (Å²) in [4.78, 5) is 2.62. The summed E-state index contributed by atoms with van der Waals surface area (Å²) in [5, 5.41) is 0. The van der Waals surface area contributed by atoms with Crippen LogP contribution in [0.3, 0.4) is 0 Å². The lowest BCUT2D eigenvalue weighted by molar-refractivity contribution is 0.226. The van der Waals surface area contributed by atoms with Crippen LogP contribution in [0.2, 0.25) is 0 Å². The topological polar surface area (TPSA) is 3.24 Å². The van der Waals surface area contributed by atoms with Crippen molar-refractivity contribution in [1.82, 2.24) is 4.90 Å². The first-order chi connectivity index (χ1) is 6.33. The average molecular weight is 181 g/mol. The molecule has 1 aliphatic heterocycles. The van der Waals surface area contributed by atoms with Gasteiger partial charge in [0, 0.05) is 0 Å². The number of hydrogen-bond acceptors (Lipinski definition) is 1. The summed E-state index contributed by atoms with van der Waals surface area (Å²) in [5.74, 6) is 0. The van der Waals surface area contributed by atoms with Gasteiger partial charge in [0.15, 0.2) is 0 Å². The van der Waals surface area contributed by atoms with E-state index in [2.05, 4.69) is 24.8 Å². The Kier molecular flexibility index (Phi) is 5.14. The molecule has 0 saturated carbocycles. The maximum atomic E-state index is 2.62. The normalized spacial score (nSPS) is 20.6. The molecule has 0 radical (unpaired) electrons. The third-order valence-electron chi connectivity index (χ3n) is 2.99. The van der Waals surface area contributed by atoms with Crippen LogP contribution in [0, 0.1) is 0 Å². The maximum absolute atomic E-state index is 2.62. The predicted molar refractivity (Wildman–Crippen MR) is 59.0 cm³/mol. The third-order valence-corrected chi connectivity index (χ3v) is 2.99. The van der Waals surface area contributed by atoms with Crippen molar-refractivity contribution in [3.63, 3.8) is 0 Å². The first-order valence-corrected chi connectivity index (χ1v) is 5.67. The molecule has 0 aromatic carbocycles. The minimum absolute atomic E-state index is 1.28. The molecule has 1 saturated heterocycles. The van der Waals surface area contributed by atoms with Gasteiger partial charge in [-0.3, -0.25) is 0 Å². The van der Waals surface area contributed by atoms with Crippen LogP contribution in [-0.4, -0.2) is 24.5 Å². The van der Waals surface area contributed by atoms with Crippen LogP contribution in [0.5, 0.6) is 0 Å². The smallest absolute Gasteiger partial charge is 0.00157 e. The molecule has 0 aliphatic carbocycles. The van der Waals surface area contributed by atoms with Gasteiger partial charge in [-0.2, -0.15) is 0 Å². The second-order valence-corrected chi connectivity index (χ2v) is 4.14. The first kappa shape index (κ1) is 10.8. The van der Waals surface area contributed by atoms with E-state index in [9.17, 15) is 0 Å². The minimum Gasteiger partial charge on any atom is -0.303 e. The summed E-state index contributed by atoms with van der Waals surface area (Å²) in [5.41, 5.74) is 1.54. The molecular weight excluding hydrogens is 158 g/mol. The zero-order chi connectivity index (χ0) is 9.52. The maximum Gasteiger partial charge on any atom is -0.00157 e. The Bertz CT molecular complexity index is 155. The van der Waals surface area contributed by atoms with E-state index in [-0.39, 0.29) is 0 Å². The minimum atomic E-state index is 1.28. The van der Waals surface area contributed by atoms with E-state index in [0.717, 1.165) is 0 Å². The van der Waals surface area contributed by atoms with Crippen LogP contribution in [0.1, 0.15) is 46.0 Å². The Morgan fingerprint density at radius 1 is 1.23 bits per heavy atom. The van der Waals surface area contributed by atoms with E-state index in [0.29, 0.717) is 0 Å². The molecule has 76 valence electrons. The van der Waals surface area contributed by atoms with Crippen molar-refractivity contribution in [3.05, 3.63) is 11.6 Å². The van der Waals surface area contributed by atoms with E-state index < -0.39 is 0 Å². The van der Waals surface area contributed by atoms with Crippen molar-refractivity contribution in [1.29, 1.82) is 0 Å². The number of nitrogens with zero attached hydrogens (tertiary/aromatic N) is 1. The first-order valence-electron chi connectivity index (χ1n) is 5.67. The second-order valence-electron chi connectivity index (χ2n) is 4.14. The van der Waals surface area contributed by atoms with Crippen molar-refractivity contribution < 1.29 is 0 Å². The van der Waals surface area contributed by atoms with Gasteiger partial charge < -0.3 is 4.90 Å². The Hall–Kier alpha value is -0.300. The number of rotatable bonds is 4. The molecule has 0 atom stereocenters. The number of hydrogen-bond donors (Lipinski definition) is 0. The van der Waals surface area contributed by atoms with Crippen molar-refractivity contribution in [3.8, 4) is 0 Å². The molecule has 1 rings (SSSR count). The molecule has 0 bridgehead atoms. The van der Waals surface area contributed by atoms with Gasteiger partial charge in [-0.05, 0) is 59.2 Å². The standard InChI is InChI=1S/C12H23N/c1-3-12(2)8-7-11-13-9-5-4-6-10-13/h3H,4-11H2,1-2H3/b12-3+. The summed E-state index contributed by atoms with van der Waals surface area (Å²) >= 11 is 0. The number of piperidine rings is 1. The molecule has 0 amide bonds. The van der Waals surface area contributed by atoms with E-state index in [1.165, 1.54) is 57.3 Å². The SMILES string of the molecule is C/C=C(\C)CCCN1CCCCC1. The van der Waals surface area contributed by atoms with Crippen LogP contribution in [0.25, 0.3) is 0 Å². The lowest BCUT2D eigenvalue weighted by Crippen LogP contribution is -2.30. The quantitative estimate of drug-likeness (QED) is 0.602. The number of allylic oxidation sites excluding steroid dienone is 2. The van der Waals surface area contributed by atoms with Gasteiger partial charge in [-0.1, -0.05) is 18.1 Å². The summed E-state index contributed by atoms with van der Waals surface area (Å²) in [7, 11) is 0. The molecule has 0 aromatic rings. The van der Waals surface area contributed by atoms with Gasteiger partial charge in [0.05, 0.1) is 0 Å². The molecule has 0 spiro atoms. The molecular formula is C12H23N. The highest BCUT2D eigenvalue weighted by Crippen LogP contribution is 2.11. The Morgan fingerprint density at radius 2 is 1.92 bits per heavy atom. The van der Waals surface area contributed by atoms with Gasteiger partial charge in [0.2, 0.25) is 0 Å². The Balaban J connectivity index is 2.04. The summed E-state index contributed by atoms with van der Waals surface area (Å²) in [6.07, 6.45) is 9.15. The van der Waals surface area contributed by atoms with E-state index in [4.69, 9.17) is 0 Å². The van der Waals surface area contributed by atoms with Crippen LogP contribution >= 0.6 is 0 Å². The van der Waals surface area contributed by atoms with Crippen molar-refractivity contribution in [2.24, 2.45) is 0 Å². The van der Waals surface area contributed by atoms with Gasteiger partial charge >= 0.3 is 0 Å². The second kappa shape index (κ2) is 6.20. The molecule has 1 nitrogen and oxygen atoms in total. The van der Waals surface area contributed by atoms with Gasteiger partial charge in [-0.15, -0.1) is 0 Å². The van der Waals surface area contributed by atoms with Crippen LogP contribution < -0.4 is 0 Å². The molecule has 0 aromatic heterocycles. The van der Waals surface area contributed by atoms with E-state index in [1.807, 2.05) is 0 Å². The van der Waals surface area contributed by atoms with E-state index >= 15 is 0 Å². The average Bonchev–Trinajstić information content (AvgIpc) is 2.19. The Labute approximate surface area is 82.8 Å². The Morgan fingerprint density at radius 3 is 2.54 bits per heavy atom. The lowest BCUT2D eigenvalue weighted by atomic mass is 10.1. The molecule has 0 N–H and O–H groups in total. The highest BCUT2D eigenvalue weighted by molar-refractivity contribution is 4.95. The van der Waals surface area contributed by atoms with Crippen LogP contribution in [0.15, 0.2) is 11.6 Å². The lowest BCUT2D eigenvalue weighted by Gasteiger charge is -2.26. The zero-order valence-corrected chi connectivity index (χ0v) is 9.18. The monoisotopic (exact) mass is 181 g/mol. The van der Waals surface area contributed by atoms with Crippen LogP contribution in [0.4, 0.5) is 0 Å². The molecule has 1 heterocycles. The van der Waals surface area contributed by atoms with Crippen molar-refractivity contribution >= 4 is 0 Å². The third kappa shape index (κ3) is 4.47. The summed E-state index contributed by atoms with van der Waals surface area (Å²) < 4.78 is 0. The largest absolute Gasteiger partial charge is 0.303 e. The number of likely N-dealkylation sites (tertiary alicyclic amines) is 1. The molecule has 1 aliphatic rings.